The van der Waals surface area contributed by atoms with Gasteiger partial charge in [0.2, 0.25) is 11.8 Å². The van der Waals surface area contributed by atoms with Crippen molar-refractivity contribution in [2.24, 2.45) is 17.6 Å². The topological polar surface area (TPSA) is 72.6 Å². The van der Waals surface area contributed by atoms with Crippen LogP contribution < -0.4 is 5.73 Å². The molecule has 2 atom stereocenters. The van der Waals surface area contributed by atoms with E-state index in [1.807, 2.05) is 4.90 Å². The van der Waals surface area contributed by atoms with Gasteiger partial charge in [0.05, 0.1) is 18.4 Å². The van der Waals surface area contributed by atoms with Crippen LogP contribution in [0.5, 0.6) is 0 Å². The summed E-state index contributed by atoms with van der Waals surface area (Å²) in [5, 5.41) is 0. The number of nitrogens with zero attached hydrogens (tertiary/aromatic N) is 1. The second-order valence-electron chi connectivity index (χ2n) is 7.87. The summed E-state index contributed by atoms with van der Waals surface area (Å²) in [6.07, 6.45) is 4.02. The van der Waals surface area contributed by atoms with Gasteiger partial charge in [-0.05, 0) is 56.6 Å². The lowest BCUT2D eigenvalue weighted by molar-refractivity contribution is -0.132. The molecule has 2 aliphatic heterocycles. The fraction of sp³-hybridized carbons (Fsp3) is 0.619. The van der Waals surface area contributed by atoms with E-state index in [1.54, 1.807) is 0 Å². The molecule has 0 aromatic heterocycles. The number of likely N-dealkylation sites (tertiary alicyclic amines) is 1. The summed E-state index contributed by atoms with van der Waals surface area (Å²) in [4.78, 5) is 26.2. The minimum absolute atomic E-state index is 0.0327. The van der Waals surface area contributed by atoms with E-state index < -0.39 is 0 Å². The highest BCUT2D eigenvalue weighted by atomic mass is 16.5. The number of ether oxygens (including phenoxy) is 1. The lowest BCUT2D eigenvalue weighted by Crippen LogP contribution is -2.40. The van der Waals surface area contributed by atoms with Crippen LogP contribution in [0.4, 0.5) is 0 Å². The fourth-order valence-electron chi connectivity index (χ4n) is 4.22. The first-order valence-electron chi connectivity index (χ1n) is 9.69. The Morgan fingerprint density at radius 3 is 2.62 bits per heavy atom. The first-order chi connectivity index (χ1) is 12.4. The number of primary amides is 1. The summed E-state index contributed by atoms with van der Waals surface area (Å²) in [5.41, 5.74) is 8.97. The molecule has 5 heteroatoms. The number of carbonyl (C=O) groups excluding carboxylic acids is 2. The molecule has 2 aliphatic rings. The molecule has 0 spiro atoms. The number of piperidine rings is 1. The van der Waals surface area contributed by atoms with Crippen LogP contribution in [0.1, 0.15) is 42.4 Å². The Bertz CT molecular complexity index is 665. The van der Waals surface area contributed by atoms with Crippen LogP contribution in [0.2, 0.25) is 0 Å². The Balaban J connectivity index is 1.49. The second kappa shape index (κ2) is 8.21. The molecular formula is C21H30N2O3. The largest absolute Gasteiger partial charge is 0.377 e. The lowest BCUT2D eigenvalue weighted by Gasteiger charge is -2.33. The van der Waals surface area contributed by atoms with Gasteiger partial charge in [-0.3, -0.25) is 9.59 Å². The molecule has 2 amide bonds. The standard InChI is InChI=1S/C21H30N2O3/c1-14-3-4-15(2)17(11-14)13-20(24)23-8-5-16(6-9-23)12-19-18(21(22)25)7-10-26-19/h3-4,11,16,18-19H,5-10,12-13H2,1-2H3,(H2,22,25)/t18-,19-/m1/s1. The molecule has 2 fully saturated rings. The van der Waals surface area contributed by atoms with Gasteiger partial charge < -0.3 is 15.4 Å². The number of rotatable bonds is 5. The molecule has 0 bridgehead atoms. The Hall–Kier alpha value is -1.88. The fourth-order valence-corrected chi connectivity index (χ4v) is 4.22. The molecular weight excluding hydrogens is 328 g/mol. The minimum Gasteiger partial charge on any atom is -0.377 e. The zero-order valence-electron chi connectivity index (χ0n) is 15.9. The number of carbonyl (C=O) groups is 2. The minimum atomic E-state index is -0.242. The predicted octanol–water partition coefficient (Wildman–Crippen LogP) is 2.37. The van der Waals surface area contributed by atoms with Gasteiger partial charge in [-0.25, -0.2) is 0 Å². The van der Waals surface area contributed by atoms with Crippen LogP contribution in [0.15, 0.2) is 18.2 Å². The van der Waals surface area contributed by atoms with Gasteiger partial charge in [0.1, 0.15) is 0 Å². The molecule has 0 unspecified atom stereocenters. The highest BCUT2D eigenvalue weighted by molar-refractivity contribution is 5.79. The van der Waals surface area contributed by atoms with Crippen LogP contribution in [0, 0.1) is 25.7 Å². The molecule has 26 heavy (non-hydrogen) atoms. The first kappa shape index (κ1) is 18.9. The Morgan fingerprint density at radius 2 is 1.92 bits per heavy atom. The molecule has 0 saturated carbocycles. The maximum absolute atomic E-state index is 12.7. The summed E-state index contributed by atoms with van der Waals surface area (Å²) < 4.78 is 5.73. The van der Waals surface area contributed by atoms with Crippen LogP contribution in [0.25, 0.3) is 0 Å². The van der Waals surface area contributed by atoms with Crippen molar-refractivity contribution in [3.8, 4) is 0 Å². The number of nitrogens with two attached hydrogens (primary N) is 1. The maximum Gasteiger partial charge on any atom is 0.226 e. The van der Waals surface area contributed by atoms with Crippen LogP contribution in [0.3, 0.4) is 0 Å². The first-order valence-corrected chi connectivity index (χ1v) is 9.69. The molecule has 2 N–H and O–H groups in total. The summed E-state index contributed by atoms with van der Waals surface area (Å²) in [5.74, 6) is 0.335. The van der Waals surface area contributed by atoms with E-state index in [4.69, 9.17) is 10.5 Å². The summed E-state index contributed by atoms with van der Waals surface area (Å²) in [7, 11) is 0. The Labute approximate surface area is 155 Å². The van der Waals surface area contributed by atoms with Crippen LogP contribution in [-0.4, -0.2) is 42.5 Å². The maximum atomic E-state index is 12.7. The van der Waals surface area contributed by atoms with Gasteiger partial charge in [0.15, 0.2) is 0 Å². The van der Waals surface area contributed by atoms with Gasteiger partial charge >= 0.3 is 0 Å². The van der Waals surface area contributed by atoms with E-state index in [0.29, 0.717) is 18.9 Å². The average Bonchev–Trinajstić information content (AvgIpc) is 3.07. The molecule has 2 heterocycles. The van der Waals surface area contributed by atoms with Crippen molar-refractivity contribution in [2.75, 3.05) is 19.7 Å². The summed E-state index contributed by atoms with van der Waals surface area (Å²) >= 11 is 0. The third-order valence-corrected chi connectivity index (χ3v) is 5.95. The molecule has 142 valence electrons. The predicted molar refractivity (Wildman–Crippen MR) is 101 cm³/mol. The number of aryl methyl sites for hydroxylation is 2. The van der Waals surface area contributed by atoms with Gasteiger partial charge in [-0.1, -0.05) is 23.8 Å². The van der Waals surface area contributed by atoms with Crippen molar-refractivity contribution >= 4 is 11.8 Å². The van der Waals surface area contributed by atoms with Gasteiger partial charge in [0, 0.05) is 19.7 Å². The Morgan fingerprint density at radius 1 is 1.19 bits per heavy atom. The van der Waals surface area contributed by atoms with Crippen molar-refractivity contribution in [3.05, 3.63) is 34.9 Å². The van der Waals surface area contributed by atoms with E-state index in [2.05, 4.69) is 32.0 Å². The molecule has 0 aliphatic carbocycles. The van der Waals surface area contributed by atoms with Crippen molar-refractivity contribution in [1.82, 2.24) is 4.90 Å². The molecule has 0 radical (unpaired) electrons. The molecule has 1 aromatic carbocycles. The van der Waals surface area contributed by atoms with E-state index in [1.165, 1.54) is 11.1 Å². The average molecular weight is 358 g/mol. The highest BCUT2D eigenvalue weighted by Crippen LogP contribution is 2.30. The van der Waals surface area contributed by atoms with Gasteiger partial charge in [-0.2, -0.15) is 0 Å². The van der Waals surface area contributed by atoms with E-state index in [-0.39, 0.29) is 23.8 Å². The van der Waals surface area contributed by atoms with Gasteiger partial charge in [-0.15, -0.1) is 0 Å². The van der Waals surface area contributed by atoms with Crippen molar-refractivity contribution in [2.45, 2.75) is 52.1 Å². The van der Waals surface area contributed by atoms with Gasteiger partial charge in [0.25, 0.3) is 0 Å². The van der Waals surface area contributed by atoms with Crippen molar-refractivity contribution in [3.63, 3.8) is 0 Å². The lowest BCUT2D eigenvalue weighted by atomic mass is 9.86. The normalized spacial score (nSPS) is 24.0. The third kappa shape index (κ3) is 4.44. The number of amides is 2. The van der Waals surface area contributed by atoms with Crippen molar-refractivity contribution in [1.29, 1.82) is 0 Å². The SMILES string of the molecule is Cc1ccc(C)c(CC(=O)N2CCC(C[C@H]3OCC[C@H]3C(N)=O)CC2)c1. The van der Waals surface area contributed by atoms with E-state index in [0.717, 1.165) is 44.3 Å². The number of benzene rings is 1. The van der Waals surface area contributed by atoms with E-state index in [9.17, 15) is 9.59 Å². The third-order valence-electron chi connectivity index (χ3n) is 5.95. The zero-order valence-corrected chi connectivity index (χ0v) is 15.9. The highest BCUT2D eigenvalue weighted by Gasteiger charge is 2.35. The van der Waals surface area contributed by atoms with Crippen LogP contribution in [-0.2, 0) is 20.7 Å². The monoisotopic (exact) mass is 358 g/mol. The summed E-state index contributed by atoms with van der Waals surface area (Å²) in [6.45, 7) is 6.34. The second-order valence-corrected chi connectivity index (χ2v) is 7.87. The number of hydrogen-bond donors (Lipinski definition) is 1. The molecule has 5 nitrogen and oxygen atoms in total. The smallest absolute Gasteiger partial charge is 0.226 e. The summed E-state index contributed by atoms with van der Waals surface area (Å²) in [6, 6.07) is 6.28. The molecule has 1 aromatic rings. The molecule has 2 saturated heterocycles. The number of hydrogen-bond acceptors (Lipinski definition) is 3. The van der Waals surface area contributed by atoms with Crippen molar-refractivity contribution < 1.29 is 14.3 Å². The van der Waals surface area contributed by atoms with E-state index >= 15 is 0 Å². The Kier molecular flexibility index (Phi) is 5.97. The zero-order chi connectivity index (χ0) is 18.7. The molecule has 3 rings (SSSR count). The quantitative estimate of drug-likeness (QED) is 0.878. The van der Waals surface area contributed by atoms with Crippen LogP contribution >= 0.6 is 0 Å².